The minimum absolute atomic E-state index is 0.712. The van der Waals surface area contributed by atoms with E-state index in [0.717, 1.165) is 33.8 Å². The molecular formula is C52H32N4S. The lowest BCUT2D eigenvalue weighted by Gasteiger charge is -2.12. The summed E-state index contributed by atoms with van der Waals surface area (Å²) in [7, 11) is 0. The molecule has 57 heavy (non-hydrogen) atoms. The van der Waals surface area contributed by atoms with E-state index in [2.05, 4.69) is 179 Å². The number of para-hydroxylation sites is 2. The fraction of sp³-hybridized carbons (Fsp3) is 0. The minimum Gasteiger partial charge on any atom is -0.309 e. The van der Waals surface area contributed by atoms with Gasteiger partial charge in [-0.05, 0) is 66.7 Å². The van der Waals surface area contributed by atoms with Gasteiger partial charge >= 0.3 is 0 Å². The zero-order chi connectivity index (χ0) is 37.5. The number of benzene rings is 8. The van der Waals surface area contributed by atoms with Gasteiger partial charge in [-0.1, -0.05) is 127 Å². The molecule has 0 aliphatic heterocycles. The van der Waals surface area contributed by atoms with Crippen LogP contribution < -0.4 is 0 Å². The Bertz CT molecular complexity index is 3450. The monoisotopic (exact) mass is 744 g/mol. The quantitative estimate of drug-likeness (QED) is 0.176. The van der Waals surface area contributed by atoms with E-state index in [-0.39, 0.29) is 0 Å². The van der Waals surface area contributed by atoms with Crippen molar-refractivity contribution in [2.75, 3.05) is 0 Å². The van der Waals surface area contributed by atoms with Crippen molar-refractivity contribution in [3.05, 3.63) is 194 Å². The van der Waals surface area contributed by atoms with Crippen molar-refractivity contribution in [1.82, 2.24) is 19.1 Å². The van der Waals surface area contributed by atoms with Gasteiger partial charge in [-0.2, -0.15) is 0 Å². The average Bonchev–Trinajstić information content (AvgIpc) is 3.93. The highest BCUT2D eigenvalue weighted by Crippen LogP contribution is 2.41. The van der Waals surface area contributed by atoms with E-state index in [1.165, 1.54) is 69.5 Å². The Kier molecular flexibility index (Phi) is 7.06. The number of rotatable bonds is 5. The third-order valence-corrected chi connectivity index (χ3v) is 12.5. The van der Waals surface area contributed by atoms with Crippen molar-refractivity contribution < 1.29 is 0 Å². The van der Waals surface area contributed by atoms with Gasteiger partial charge < -0.3 is 9.13 Å². The summed E-state index contributed by atoms with van der Waals surface area (Å²) in [4.78, 5) is 10.1. The summed E-state index contributed by atoms with van der Waals surface area (Å²) in [6, 6.07) is 69.6. The molecule has 0 unspecified atom stereocenters. The molecule has 266 valence electrons. The van der Waals surface area contributed by atoms with Gasteiger partial charge in [0.15, 0.2) is 5.82 Å². The summed E-state index contributed by atoms with van der Waals surface area (Å²) in [5, 5.41) is 7.57. The van der Waals surface area contributed by atoms with Crippen LogP contribution in [0.1, 0.15) is 0 Å². The van der Waals surface area contributed by atoms with Gasteiger partial charge in [0, 0.05) is 69.8 Å². The highest BCUT2D eigenvalue weighted by atomic mass is 32.1. The van der Waals surface area contributed by atoms with Gasteiger partial charge in [-0.3, -0.25) is 0 Å². The largest absolute Gasteiger partial charge is 0.309 e. The molecule has 0 radical (unpaired) electrons. The Balaban J connectivity index is 1.05. The number of hydrogen-bond acceptors (Lipinski definition) is 3. The van der Waals surface area contributed by atoms with Crippen molar-refractivity contribution in [2.45, 2.75) is 0 Å². The first-order valence-corrected chi connectivity index (χ1v) is 20.1. The normalized spacial score (nSPS) is 11.9. The predicted molar refractivity (Wildman–Crippen MR) is 240 cm³/mol. The van der Waals surface area contributed by atoms with Crippen LogP contribution in [0.3, 0.4) is 0 Å². The lowest BCUT2D eigenvalue weighted by atomic mass is 10.1. The fourth-order valence-electron chi connectivity index (χ4n) is 8.69. The summed E-state index contributed by atoms with van der Waals surface area (Å²) >= 11 is 1.86. The highest BCUT2D eigenvalue weighted by Gasteiger charge is 2.19. The van der Waals surface area contributed by atoms with Gasteiger partial charge in [0.2, 0.25) is 0 Å². The molecule has 0 N–H and O–H groups in total. The Morgan fingerprint density at radius 3 is 1.49 bits per heavy atom. The number of thiophene rings is 1. The van der Waals surface area contributed by atoms with Gasteiger partial charge in [0.05, 0.1) is 33.5 Å². The smallest absolute Gasteiger partial charge is 0.160 e. The molecule has 0 amide bonds. The third kappa shape index (κ3) is 5.06. The summed E-state index contributed by atoms with van der Waals surface area (Å²) in [6.07, 6.45) is 0. The zero-order valence-corrected chi connectivity index (χ0v) is 31.5. The lowest BCUT2D eigenvalue weighted by Crippen LogP contribution is -1.97. The Hall–Kier alpha value is -7.34. The maximum atomic E-state index is 5.10. The second-order valence-electron chi connectivity index (χ2n) is 14.6. The van der Waals surface area contributed by atoms with E-state index in [4.69, 9.17) is 9.97 Å². The number of aromatic nitrogens is 4. The van der Waals surface area contributed by atoms with Gasteiger partial charge in [-0.25, -0.2) is 9.97 Å². The van der Waals surface area contributed by atoms with Crippen molar-refractivity contribution in [1.29, 1.82) is 0 Å². The molecule has 0 bridgehead atoms. The van der Waals surface area contributed by atoms with E-state index in [0.29, 0.717) is 5.82 Å². The summed E-state index contributed by atoms with van der Waals surface area (Å²) < 4.78 is 7.49. The van der Waals surface area contributed by atoms with Crippen LogP contribution in [-0.4, -0.2) is 19.1 Å². The fourth-order valence-corrected chi connectivity index (χ4v) is 9.78. The summed E-state index contributed by atoms with van der Waals surface area (Å²) in [5.41, 5.74) is 11.9. The molecule has 0 saturated carbocycles. The van der Waals surface area contributed by atoms with Crippen molar-refractivity contribution in [3.63, 3.8) is 0 Å². The molecule has 4 aromatic heterocycles. The van der Waals surface area contributed by atoms with E-state index in [1.54, 1.807) is 0 Å². The van der Waals surface area contributed by atoms with E-state index < -0.39 is 0 Å². The molecule has 12 rings (SSSR count). The Labute approximate surface area is 332 Å². The second-order valence-corrected chi connectivity index (χ2v) is 15.7. The van der Waals surface area contributed by atoms with Crippen LogP contribution >= 0.6 is 11.3 Å². The molecule has 4 heterocycles. The summed E-state index contributed by atoms with van der Waals surface area (Å²) in [6.45, 7) is 0. The maximum absolute atomic E-state index is 5.10. The molecule has 0 spiro atoms. The molecule has 12 aromatic rings. The molecule has 0 aliphatic rings. The van der Waals surface area contributed by atoms with Crippen molar-refractivity contribution in [3.8, 4) is 45.3 Å². The molecular weight excluding hydrogens is 713 g/mol. The van der Waals surface area contributed by atoms with Crippen LogP contribution in [0, 0.1) is 0 Å². The topological polar surface area (TPSA) is 35.6 Å². The molecule has 5 heteroatoms. The van der Waals surface area contributed by atoms with E-state index >= 15 is 0 Å². The first-order valence-electron chi connectivity index (χ1n) is 19.2. The number of fused-ring (bicyclic) bond motifs is 9. The van der Waals surface area contributed by atoms with Crippen LogP contribution in [-0.2, 0) is 0 Å². The summed E-state index contributed by atoms with van der Waals surface area (Å²) in [5.74, 6) is 0.712. The highest BCUT2D eigenvalue weighted by molar-refractivity contribution is 7.25. The first-order chi connectivity index (χ1) is 28.2. The molecule has 0 aliphatic carbocycles. The lowest BCUT2D eigenvalue weighted by molar-refractivity contribution is 1.16. The maximum Gasteiger partial charge on any atom is 0.160 e. The number of nitrogens with zero attached hydrogens (tertiary/aromatic N) is 4. The second kappa shape index (κ2) is 12.6. The third-order valence-electron chi connectivity index (χ3n) is 11.3. The van der Waals surface area contributed by atoms with Crippen LogP contribution in [0.25, 0.3) is 109 Å². The van der Waals surface area contributed by atoms with Gasteiger partial charge in [-0.15, -0.1) is 11.3 Å². The van der Waals surface area contributed by atoms with Crippen molar-refractivity contribution in [2.24, 2.45) is 0 Å². The van der Waals surface area contributed by atoms with E-state index in [1.807, 2.05) is 35.6 Å². The van der Waals surface area contributed by atoms with Crippen LogP contribution in [0.15, 0.2) is 194 Å². The van der Waals surface area contributed by atoms with Crippen LogP contribution in [0.5, 0.6) is 0 Å². The molecule has 0 atom stereocenters. The predicted octanol–water partition coefficient (Wildman–Crippen LogP) is 14.0. The Morgan fingerprint density at radius 1 is 0.316 bits per heavy atom. The SMILES string of the molecule is c1ccc(-c2cc(-c3ccc(-n4c5ccccc5c5cc6c7ccccc7n(-c7ccc8sc9ccccc9c8c7)c6cc54)cc3)nc(-c3ccccc3)n2)cc1. The average molecular weight is 745 g/mol. The minimum atomic E-state index is 0.712. The van der Waals surface area contributed by atoms with Gasteiger partial charge in [0.25, 0.3) is 0 Å². The van der Waals surface area contributed by atoms with Crippen LogP contribution in [0.4, 0.5) is 0 Å². The first kappa shape index (κ1) is 32.0. The zero-order valence-electron chi connectivity index (χ0n) is 30.7. The van der Waals surface area contributed by atoms with Crippen LogP contribution in [0.2, 0.25) is 0 Å². The standard InChI is InChI=1S/C52H32N4S/c1-3-13-33(14-4-1)44-31-45(54-52(53-44)35-15-5-2-6-16-35)34-23-25-36(26-24-34)55-46-20-10-7-17-38(46)41-30-42-39-18-8-11-21-47(39)56(49(42)32-48(41)55)37-27-28-51-43(29-37)40-19-9-12-22-50(40)57-51/h1-32H. The molecule has 0 fully saturated rings. The molecule has 8 aromatic carbocycles. The molecule has 4 nitrogen and oxygen atoms in total. The van der Waals surface area contributed by atoms with Crippen molar-refractivity contribution >= 4 is 75.1 Å². The van der Waals surface area contributed by atoms with E-state index in [9.17, 15) is 0 Å². The molecule has 0 saturated heterocycles. The Morgan fingerprint density at radius 2 is 0.825 bits per heavy atom. The van der Waals surface area contributed by atoms with Gasteiger partial charge in [0.1, 0.15) is 0 Å². The number of hydrogen-bond donors (Lipinski definition) is 0.